The van der Waals surface area contributed by atoms with Crippen LogP contribution in [0.1, 0.15) is 27.2 Å². The Hall–Kier alpha value is -2.92. The molecule has 2 amide bonds. The summed E-state index contributed by atoms with van der Waals surface area (Å²) in [5, 5.41) is 15.5. The SMILES string of the molecule is CSCCC(NC(=O)c1cccc([N+](=O)[O-])c1)C(=O)OCC(=O)N1CCc2sccc2C1. The van der Waals surface area contributed by atoms with Crippen LogP contribution in [0.4, 0.5) is 5.69 Å². The molecule has 11 heteroatoms. The van der Waals surface area contributed by atoms with Crippen LogP contribution in [0.5, 0.6) is 0 Å². The predicted octanol–water partition coefficient (Wildman–Crippen LogP) is 2.64. The van der Waals surface area contributed by atoms with Gasteiger partial charge in [-0.25, -0.2) is 4.79 Å². The van der Waals surface area contributed by atoms with E-state index in [9.17, 15) is 24.5 Å². The van der Waals surface area contributed by atoms with Gasteiger partial charge in [-0.2, -0.15) is 11.8 Å². The van der Waals surface area contributed by atoms with Crippen molar-refractivity contribution in [2.45, 2.75) is 25.4 Å². The lowest BCUT2D eigenvalue weighted by atomic mass is 10.1. The van der Waals surface area contributed by atoms with Gasteiger partial charge in [0.1, 0.15) is 6.04 Å². The molecule has 2 heterocycles. The van der Waals surface area contributed by atoms with Crippen molar-refractivity contribution in [2.24, 2.45) is 0 Å². The molecule has 3 rings (SSSR count). The molecule has 2 aromatic rings. The van der Waals surface area contributed by atoms with Gasteiger partial charge in [-0.1, -0.05) is 6.07 Å². The molecule has 1 N–H and O–H groups in total. The number of thioether (sulfide) groups is 1. The van der Waals surface area contributed by atoms with E-state index in [0.29, 0.717) is 25.3 Å². The highest BCUT2D eigenvalue weighted by atomic mass is 32.2. The molecule has 0 saturated carbocycles. The first-order valence-corrected chi connectivity index (χ1v) is 12.2. The van der Waals surface area contributed by atoms with E-state index in [-0.39, 0.29) is 17.2 Å². The Morgan fingerprint density at radius 3 is 2.91 bits per heavy atom. The van der Waals surface area contributed by atoms with E-state index in [0.717, 1.165) is 18.1 Å². The Bertz CT molecular complexity index is 1010. The molecule has 1 aromatic carbocycles. The minimum absolute atomic E-state index is 0.0668. The molecule has 1 aliphatic rings. The van der Waals surface area contributed by atoms with Crippen LogP contribution >= 0.6 is 23.1 Å². The molecule has 0 aliphatic carbocycles. The van der Waals surface area contributed by atoms with Gasteiger partial charge in [-0.3, -0.25) is 19.7 Å². The number of non-ortho nitro benzene ring substituents is 1. The Morgan fingerprint density at radius 1 is 1.34 bits per heavy atom. The fourth-order valence-electron chi connectivity index (χ4n) is 3.27. The van der Waals surface area contributed by atoms with Gasteiger partial charge < -0.3 is 15.0 Å². The molecule has 9 nitrogen and oxygen atoms in total. The van der Waals surface area contributed by atoms with Crippen LogP contribution in [0.15, 0.2) is 35.7 Å². The van der Waals surface area contributed by atoms with Gasteiger partial charge in [0, 0.05) is 35.7 Å². The van der Waals surface area contributed by atoms with Crippen molar-refractivity contribution in [2.75, 3.05) is 25.2 Å². The van der Waals surface area contributed by atoms with E-state index in [1.165, 1.54) is 34.8 Å². The van der Waals surface area contributed by atoms with Crippen LogP contribution in [0, 0.1) is 10.1 Å². The zero-order valence-corrected chi connectivity index (χ0v) is 19.1. The molecule has 0 fully saturated rings. The third-order valence-electron chi connectivity index (χ3n) is 5.02. The van der Waals surface area contributed by atoms with Gasteiger partial charge in [0.2, 0.25) is 0 Å². The zero-order chi connectivity index (χ0) is 23.1. The summed E-state index contributed by atoms with van der Waals surface area (Å²) in [4.78, 5) is 50.9. The fraction of sp³-hybridized carbons (Fsp3) is 0.381. The summed E-state index contributed by atoms with van der Waals surface area (Å²) >= 11 is 3.17. The second-order valence-electron chi connectivity index (χ2n) is 7.16. The molecule has 170 valence electrons. The van der Waals surface area contributed by atoms with Crippen LogP contribution < -0.4 is 5.32 Å². The minimum atomic E-state index is -0.966. The monoisotopic (exact) mass is 477 g/mol. The predicted molar refractivity (Wildman–Crippen MR) is 122 cm³/mol. The van der Waals surface area contributed by atoms with Crippen LogP contribution in [0.2, 0.25) is 0 Å². The first kappa shape index (κ1) is 23.7. The van der Waals surface area contributed by atoms with Gasteiger partial charge in [0.15, 0.2) is 6.61 Å². The van der Waals surface area contributed by atoms with Crippen LogP contribution in [0.3, 0.4) is 0 Å². The van der Waals surface area contributed by atoms with E-state index in [1.807, 2.05) is 17.7 Å². The smallest absolute Gasteiger partial charge is 0.329 e. The molecule has 1 unspecified atom stereocenters. The lowest BCUT2D eigenvalue weighted by Crippen LogP contribution is -2.44. The van der Waals surface area contributed by atoms with Gasteiger partial charge in [0.05, 0.1) is 4.92 Å². The lowest BCUT2D eigenvalue weighted by molar-refractivity contribution is -0.384. The van der Waals surface area contributed by atoms with Crippen molar-refractivity contribution in [3.8, 4) is 0 Å². The summed E-state index contributed by atoms with van der Waals surface area (Å²) in [5.41, 5.74) is 0.960. The number of fused-ring (bicyclic) bond motifs is 1. The number of hydrogen-bond donors (Lipinski definition) is 1. The highest BCUT2D eigenvalue weighted by molar-refractivity contribution is 7.98. The highest BCUT2D eigenvalue weighted by Crippen LogP contribution is 2.24. The number of amides is 2. The Labute approximate surface area is 193 Å². The number of nitrogens with zero attached hydrogens (tertiary/aromatic N) is 2. The lowest BCUT2D eigenvalue weighted by Gasteiger charge is -2.27. The van der Waals surface area contributed by atoms with E-state index in [1.54, 1.807) is 16.2 Å². The zero-order valence-electron chi connectivity index (χ0n) is 17.4. The second kappa shape index (κ2) is 11.1. The maximum atomic E-state index is 12.6. The van der Waals surface area contributed by atoms with Crippen molar-refractivity contribution in [1.29, 1.82) is 0 Å². The topological polar surface area (TPSA) is 119 Å². The molecule has 0 radical (unpaired) electrons. The molecule has 32 heavy (non-hydrogen) atoms. The van der Waals surface area contributed by atoms with Crippen molar-refractivity contribution in [3.63, 3.8) is 0 Å². The maximum absolute atomic E-state index is 12.6. The van der Waals surface area contributed by atoms with Crippen molar-refractivity contribution < 1.29 is 24.0 Å². The Morgan fingerprint density at radius 2 is 2.16 bits per heavy atom. The Kier molecular flexibility index (Phi) is 8.23. The summed E-state index contributed by atoms with van der Waals surface area (Å²) in [5.74, 6) is -1.04. The number of carbonyl (C=O) groups is 3. The number of nitro groups is 1. The van der Waals surface area contributed by atoms with Gasteiger partial charge in [0.25, 0.3) is 17.5 Å². The molecular formula is C21H23N3O6S2. The number of esters is 1. The average molecular weight is 478 g/mol. The number of carbonyl (C=O) groups excluding carboxylic acids is 3. The molecule has 0 bridgehead atoms. The first-order chi connectivity index (χ1) is 15.4. The van der Waals surface area contributed by atoms with Gasteiger partial charge in [-0.05, 0) is 47.9 Å². The molecule has 1 aromatic heterocycles. The standard InChI is InChI=1S/C21H23N3O6S2/c1-31-9-7-17(22-20(26)14-3-2-4-16(11-14)24(28)29)21(27)30-13-19(25)23-8-5-18-15(12-23)6-10-32-18/h2-4,6,10-11,17H,5,7-9,12-13H2,1H3,(H,22,26). The number of benzene rings is 1. The largest absolute Gasteiger partial charge is 0.454 e. The molecule has 1 atom stereocenters. The summed E-state index contributed by atoms with van der Waals surface area (Å²) in [7, 11) is 0. The molecule has 0 saturated heterocycles. The maximum Gasteiger partial charge on any atom is 0.329 e. The van der Waals surface area contributed by atoms with Gasteiger partial charge >= 0.3 is 5.97 Å². The quantitative estimate of drug-likeness (QED) is 0.335. The van der Waals surface area contributed by atoms with Crippen LogP contribution in [-0.4, -0.2) is 58.8 Å². The summed E-state index contributed by atoms with van der Waals surface area (Å²) < 4.78 is 5.22. The highest BCUT2D eigenvalue weighted by Gasteiger charge is 2.26. The van der Waals surface area contributed by atoms with Crippen molar-refractivity contribution in [3.05, 3.63) is 61.8 Å². The summed E-state index contributed by atoms with van der Waals surface area (Å²) in [6.45, 7) is 0.665. The normalized spacial score (nSPS) is 13.7. The van der Waals surface area contributed by atoms with Crippen molar-refractivity contribution >= 4 is 46.6 Å². The van der Waals surface area contributed by atoms with E-state index in [4.69, 9.17) is 4.74 Å². The first-order valence-electron chi connectivity index (χ1n) is 9.93. The summed E-state index contributed by atoms with van der Waals surface area (Å²) in [6.07, 6.45) is 2.95. The Balaban J connectivity index is 1.58. The number of thiophene rings is 1. The number of ether oxygens (including phenoxy) is 1. The summed E-state index contributed by atoms with van der Waals surface area (Å²) in [6, 6.07) is 6.28. The molecule has 0 spiro atoms. The van der Waals surface area contributed by atoms with Gasteiger partial charge in [-0.15, -0.1) is 11.3 Å². The third-order valence-corrected chi connectivity index (χ3v) is 6.68. The van der Waals surface area contributed by atoms with E-state index < -0.39 is 29.4 Å². The number of nitrogens with one attached hydrogen (secondary N) is 1. The number of rotatable bonds is 9. The van der Waals surface area contributed by atoms with E-state index >= 15 is 0 Å². The molecule has 1 aliphatic heterocycles. The second-order valence-corrected chi connectivity index (χ2v) is 9.14. The minimum Gasteiger partial charge on any atom is -0.454 e. The number of hydrogen-bond acceptors (Lipinski definition) is 8. The fourth-order valence-corrected chi connectivity index (χ4v) is 4.63. The van der Waals surface area contributed by atoms with E-state index in [2.05, 4.69) is 5.32 Å². The number of nitro benzene ring substituents is 1. The van der Waals surface area contributed by atoms with Crippen LogP contribution in [-0.2, 0) is 27.3 Å². The average Bonchev–Trinajstić information content (AvgIpc) is 3.27. The van der Waals surface area contributed by atoms with Crippen LogP contribution in [0.25, 0.3) is 0 Å². The molecular weight excluding hydrogens is 454 g/mol. The third kappa shape index (κ3) is 6.07. The van der Waals surface area contributed by atoms with Crippen molar-refractivity contribution in [1.82, 2.24) is 10.2 Å².